The molecule has 0 bridgehead atoms. The highest BCUT2D eigenvalue weighted by Crippen LogP contribution is 2.21. The Kier molecular flexibility index (Phi) is 5.47. The smallest absolute Gasteiger partial charge is 0.0937 e. The van der Waals surface area contributed by atoms with Crippen LogP contribution in [0, 0.1) is 11.8 Å². The summed E-state index contributed by atoms with van der Waals surface area (Å²) >= 11 is 0. The van der Waals surface area contributed by atoms with Crippen LogP contribution in [0.3, 0.4) is 0 Å². The molecule has 0 aliphatic carbocycles. The highest BCUT2D eigenvalue weighted by molar-refractivity contribution is 4.78. The van der Waals surface area contributed by atoms with Crippen LogP contribution in [-0.2, 0) is 0 Å². The zero-order valence-corrected chi connectivity index (χ0v) is 8.10. The normalized spacial score (nSPS) is 31.4. The standard InChI is InChI=1S/C7H14FN.C2H6/c1-6-4-9(2)5-7(6)3-8;1-2/h6-7H,3-5H2,1-2H3;1-2H3. The molecule has 11 heavy (non-hydrogen) atoms. The average molecular weight is 161 g/mol. The molecule has 0 aromatic heterocycles. The predicted octanol–water partition coefficient (Wildman–Crippen LogP) is 2.18. The molecular formula is C9H20FN. The molecule has 0 spiro atoms. The third kappa shape index (κ3) is 3.19. The molecule has 1 saturated heterocycles. The molecule has 0 radical (unpaired) electrons. The van der Waals surface area contributed by atoms with Crippen LogP contribution in [0.2, 0.25) is 0 Å². The van der Waals surface area contributed by atoms with Crippen molar-refractivity contribution < 1.29 is 4.39 Å². The van der Waals surface area contributed by atoms with Gasteiger partial charge in [-0.25, -0.2) is 0 Å². The minimum Gasteiger partial charge on any atom is -0.306 e. The largest absolute Gasteiger partial charge is 0.306 e. The highest BCUT2D eigenvalue weighted by atomic mass is 19.1. The summed E-state index contributed by atoms with van der Waals surface area (Å²) in [5, 5.41) is 0. The average Bonchev–Trinajstić information content (AvgIpc) is 2.33. The summed E-state index contributed by atoms with van der Waals surface area (Å²) in [6.07, 6.45) is 0. The number of halogens is 1. The van der Waals surface area contributed by atoms with Crippen LogP contribution in [0.5, 0.6) is 0 Å². The van der Waals surface area contributed by atoms with Gasteiger partial charge in [0.15, 0.2) is 0 Å². The van der Waals surface area contributed by atoms with Crippen molar-refractivity contribution in [1.82, 2.24) is 4.90 Å². The molecule has 2 atom stereocenters. The van der Waals surface area contributed by atoms with E-state index in [4.69, 9.17) is 0 Å². The maximum Gasteiger partial charge on any atom is 0.0937 e. The Morgan fingerprint density at radius 2 is 1.91 bits per heavy atom. The fraction of sp³-hybridized carbons (Fsp3) is 1.00. The third-order valence-electron chi connectivity index (χ3n) is 2.15. The summed E-state index contributed by atoms with van der Waals surface area (Å²) in [6.45, 7) is 7.98. The molecule has 1 fully saturated rings. The van der Waals surface area contributed by atoms with E-state index in [1.54, 1.807) is 0 Å². The van der Waals surface area contributed by atoms with Crippen molar-refractivity contribution in [2.24, 2.45) is 11.8 Å². The zero-order chi connectivity index (χ0) is 8.85. The highest BCUT2D eigenvalue weighted by Gasteiger charge is 2.26. The van der Waals surface area contributed by atoms with Crippen LogP contribution in [-0.4, -0.2) is 31.7 Å². The van der Waals surface area contributed by atoms with Gasteiger partial charge in [-0.2, -0.15) is 0 Å². The van der Waals surface area contributed by atoms with Crippen molar-refractivity contribution in [3.63, 3.8) is 0 Å². The van der Waals surface area contributed by atoms with Crippen molar-refractivity contribution in [3.05, 3.63) is 0 Å². The maximum atomic E-state index is 12.1. The van der Waals surface area contributed by atoms with E-state index in [1.165, 1.54) is 0 Å². The number of alkyl halides is 1. The Hall–Kier alpha value is -0.110. The summed E-state index contributed by atoms with van der Waals surface area (Å²) in [6, 6.07) is 0. The van der Waals surface area contributed by atoms with E-state index >= 15 is 0 Å². The summed E-state index contributed by atoms with van der Waals surface area (Å²) in [7, 11) is 2.05. The molecule has 1 aliphatic heterocycles. The van der Waals surface area contributed by atoms with Gasteiger partial charge >= 0.3 is 0 Å². The minimum absolute atomic E-state index is 0.147. The number of rotatable bonds is 1. The van der Waals surface area contributed by atoms with Gasteiger partial charge in [0.1, 0.15) is 0 Å². The first kappa shape index (κ1) is 10.9. The Labute approximate surface area is 69.6 Å². The zero-order valence-electron chi connectivity index (χ0n) is 8.10. The first-order valence-corrected chi connectivity index (χ1v) is 4.48. The topological polar surface area (TPSA) is 3.24 Å². The van der Waals surface area contributed by atoms with Crippen molar-refractivity contribution in [2.75, 3.05) is 26.8 Å². The Morgan fingerprint density at radius 1 is 1.36 bits per heavy atom. The lowest BCUT2D eigenvalue weighted by Crippen LogP contribution is -2.14. The SMILES string of the molecule is CC.CC1CN(C)CC1CF. The molecule has 1 heterocycles. The lowest BCUT2D eigenvalue weighted by atomic mass is 10.0. The monoisotopic (exact) mass is 161 g/mol. The molecule has 0 aromatic rings. The van der Waals surface area contributed by atoms with E-state index in [-0.39, 0.29) is 6.67 Å². The van der Waals surface area contributed by atoms with Crippen molar-refractivity contribution in [2.45, 2.75) is 20.8 Å². The van der Waals surface area contributed by atoms with Crippen molar-refractivity contribution in [1.29, 1.82) is 0 Å². The quantitative estimate of drug-likeness (QED) is 0.569. The minimum atomic E-state index is -0.147. The first-order chi connectivity index (χ1) is 5.24. The molecule has 0 aromatic carbocycles. The van der Waals surface area contributed by atoms with Gasteiger partial charge in [-0.05, 0) is 13.0 Å². The number of likely N-dealkylation sites (tertiary alicyclic amines) is 1. The fourth-order valence-electron chi connectivity index (χ4n) is 1.50. The van der Waals surface area contributed by atoms with Gasteiger partial charge in [-0.3, -0.25) is 4.39 Å². The summed E-state index contributed by atoms with van der Waals surface area (Å²) in [5.74, 6) is 0.856. The van der Waals surface area contributed by atoms with E-state index in [0.29, 0.717) is 11.8 Å². The van der Waals surface area contributed by atoms with Crippen LogP contribution in [0.15, 0.2) is 0 Å². The summed E-state index contributed by atoms with van der Waals surface area (Å²) in [4.78, 5) is 2.19. The van der Waals surface area contributed by atoms with Gasteiger partial charge in [-0.15, -0.1) is 0 Å². The van der Waals surface area contributed by atoms with Crippen LogP contribution in [0.25, 0.3) is 0 Å². The van der Waals surface area contributed by atoms with Gasteiger partial charge in [-0.1, -0.05) is 20.8 Å². The number of nitrogens with zero attached hydrogens (tertiary/aromatic N) is 1. The molecule has 1 nitrogen and oxygen atoms in total. The molecule has 0 saturated carbocycles. The first-order valence-electron chi connectivity index (χ1n) is 4.48. The molecular weight excluding hydrogens is 141 g/mol. The maximum absolute atomic E-state index is 12.1. The fourth-order valence-corrected chi connectivity index (χ4v) is 1.50. The second-order valence-corrected chi connectivity index (χ2v) is 3.11. The van der Waals surface area contributed by atoms with Crippen molar-refractivity contribution >= 4 is 0 Å². The molecule has 1 aliphatic rings. The van der Waals surface area contributed by atoms with Crippen LogP contribution >= 0.6 is 0 Å². The van der Waals surface area contributed by atoms with Gasteiger partial charge in [0.05, 0.1) is 6.67 Å². The molecule has 0 amide bonds. The molecule has 2 unspecified atom stereocenters. The van der Waals surface area contributed by atoms with E-state index in [0.717, 1.165) is 13.1 Å². The van der Waals surface area contributed by atoms with Gasteiger partial charge in [0, 0.05) is 19.0 Å². The van der Waals surface area contributed by atoms with Gasteiger partial charge in [0.25, 0.3) is 0 Å². The second kappa shape index (κ2) is 5.53. The Balaban J connectivity index is 0.000000461. The second-order valence-electron chi connectivity index (χ2n) is 3.11. The van der Waals surface area contributed by atoms with Crippen LogP contribution < -0.4 is 0 Å². The summed E-state index contributed by atoms with van der Waals surface area (Å²) in [5.41, 5.74) is 0. The van der Waals surface area contributed by atoms with Crippen LogP contribution in [0.4, 0.5) is 4.39 Å². The van der Waals surface area contributed by atoms with Gasteiger partial charge in [0.2, 0.25) is 0 Å². The van der Waals surface area contributed by atoms with E-state index < -0.39 is 0 Å². The predicted molar refractivity (Wildman–Crippen MR) is 47.5 cm³/mol. The van der Waals surface area contributed by atoms with E-state index in [2.05, 4.69) is 11.8 Å². The third-order valence-corrected chi connectivity index (χ3v) is 2.15. The Morgan fingerprint density at radius 3 is 2.09 bits per heavy atom. The van der Waals surface area contributed by atoms with Gasteiger partial charge < -0.3 is 4.90 Å². The number of hydrogen-bond acceptors (Lipinski definition) is 1. The molecule has 2 heteroatoms. The van der Waals surface area contributed by atoms with E-state index in [9.17, 15) is 4.39 Å². The molecule has 0 N–H and O–H groups in total. The van der Waals surface area contributed by atoms with Crippen molar-refractivity contribution in [3.8, 4) is 0 Å². The van der Waals surface area contributed by atoms with E-state index in [1.807, 2.05) is 20.9 Å². The lowest BCUT2D eigenvalue weighted by molar-refractivity contribution is 0.320. The lowest BCUT2D eigenvalue weighted by Gasteiger charge is -2.06. The molecule has 1 rings (SSSR count). The summed E-state index contributed by atoms with van der Waals surface area (Å²) < 4.78 is 12.1. The molecule has 68 valence electrons. The Bertz CT molecular complexity index is 95.6. The number of hydrogen-bond donors (Lipinski definition) is 0. The van der Waals surface area contributed by atoms with Crippen LogP contribution in [0.1, 0.15) is 20.8 Å².